The topological polar surface area (TPSA) is 78.9 Å². The van der Waals surface area contributed by atoms with Gasteiger partial charge in [0.15, 0.2) is 6.10 Å². The number of carbonyl (C=O) groups is 3. The van der Waals surface area contributed by atoms with Crippen LogP contribution in [0.5, 0.6) is 0 Å². The first-order valence-electron chi connectivity index (χ1n) is 27.3. The Morgan fingerprint density at radius 1 is 0.328 bits per heavy atom. The Labute approximate surface area is 396 Å². The maximum Gasteiger partial charge on any atom is 0.306 e. The van der Waals surface area contributed by atoms with Gasteiger partial charge in [-0.3, -0.25) is 14.4 Å². The second-order valence-electron chi connectivity index (χ2n) is 18.1. The number of unbranched alkanes of at least 4 members (excludes halogenated alkanes) is 28. The van der Waals surface area contributed by atoms with Gasteiger partial charge in [0.1, 0.15) is 13.2 Å². The fourth-order valence-electron chi connectivity index (χ4n) is 7.62. The number of ether oxygens (including phenoxy) is 3. The third-order valence-corrected chi connectivity index (χ3v) is 11.7. The maximum atomic E-state index is 12.8. The predicted molar refractivity (Wildman–Crippen MR) is 275 cm³/mol. The molecule has 0 heterocycles. The standard InChI is InChI=1S/C58H102O6/c1-4-7-10-13-16-19-22-25-27-28-29-30-32-33-36-39-42-45-48-51-57(60)63-54-55(53-62-56(59)50-47-44-41-38-35-24-21-18-15-12-9-6-3)64-58(61)52-49-46-43-40-37-34-31-26-23-20-17-14-11-8-5-2/h8,11,17-18,20-21,25-27,31,55H,4-7,9-10,12-16,19,22-24,28-30,32-54H2,1-3H3/b11-8-,20-17-,21-18-,27-25-,31-26-. The van der Waals surface area contributed by atoms with Crippen LogP contribution in [0.2, 0.25) is 0 Å². The Morgan fingerprint density at radius 3 is 1.00 bits per heavy atom. The van der Waals surface area contributed by atoms with Crippen molar-refractivity contribution in [1.82, 2.24) is 0 Å². The predicted octanol–water partition coefficient (Wildman–Crippen LogP) is 18.0. The molecule has 0 bridgehead atoms. The molecule has 0 aliphatic rings. The van der Waals surface area contributed by atoms with Gasteiger partial charge in [0.2, 0.25) is 0 Å². The number of esters is 3. The second kappa shape index (κ2) is 52.7. The molecule has 370 valence electrons. The molecular formula is C58H102O6. The summed E-state index contributed by atoms with van der Waals surface area (Å²) in [5.74, 6) is -0.906. The van der Waals surface area contributed by atoms with E-state index in [0.29, 0.717) is 19.3 Å². The Bertz CT molecular complexity index is 1170. The van der Waals surface area contributed by atoms with Crippen molar-refractivity contribution in [3.63, 3.8) is 0 Å². The quantitative estimate of drug-likeness (QED) is 0.0262. The summed E-state index contributed by atoms with van der Waals surface area (Å²) in [5, 5.41) is 0. The maximum absolute atomic E-state index is 12.8. The first kappa shape index (κ1) is 61.1. The molecule has 0 aliphatic heterocycles. The van der Waals surface area contributed by atoms with Crippen LogP contribution in [0.3, 0.4) is 0 Å². The molecule has 1 unspecified atom stereocenters. The van der Waals surface area contributed by atoms with Gasteiger partial charge in [-0.25, -0.2) is 0 Å². The van der Waals surface area contributed by atoms with Gasteiger partial charge in [0.05, 0.1) is 0 Å². The van der Waals surface area contributed by atoms with Crippen LogP contribution in [-0.4, -0.2) is 37.2 Å². The lowest BCUT2D eigenvalue weighted by Gasteiger charge is -2.18. The van der Waals surface area contributed by atoms with Gasteiger partial charge in [-0.05, 0) is 103 Å². The van der Waals surface area contributed by atoms with Crippen molar-refractivity contribution in [2.24, 2.45) is 0 Å². The lowest BCUT2D eigenvalue weighted by Crippen LogP contribution is -2.30. The van der Waals surface area contributed by atoms with E-state index < -0.39 is 6.10 Å². The molecule has 0 aliphatic carbocycles. The summed E-state index contributed by atoms with van der Waals surface area (Å²) in [5.41, 5.74) is 0. The first-order chi connectivity index (χ1) is 31.5. The van der Waals surface area contributed by atoms with Crippen LogP contribution in [0, 0.1) is 0 Å². The van der Waals surface area contributed by atoms with E-state index >= 15 is 0 Å². The Hall–Kier alpha value is -2.89. The molecule has 0 aromatic carbocycles. The van der Waals surface area contributed by atoms with Crippen molar-refractivity contribution in [2.45, 2.75) is 277 Å². The smallest absolute Gasteiger partial charge is 0.306 e. The third kappa shape index (κ3) is 50.1. The molecule has 64 heavy (non-hydrogen) atoms. The van der Waals surface area contributed by atoms with Crippen molar-refractivity contribution < 1.29 is 28.6 Å². The van der Waals surface area contributed by atoms with Crippen molar-refractivity contribution in [1.29, 1.82) is 0 Å². The number of rotatable bonds is 49. The SMILES string of the molecule is CC/C=C\C/C=C\C/C=C\CCCCCCCC(=O)OC(COC(=O)CCCCCCC/C=C\CCCCC)COC(=O)CCCCCCCCCCC/C=C\CCCCCCCC. The highest BCUT2D eigenvalue weighted by Crippen LogP contribution is 2.15. The van der Waals surface area contributed by atoms with Crippen LogP contribution >= 0.6 is 0 Å². The Morgan fingerprint density at radius 2 is 0.609 bits per heavy atom. The summed E-state index contributed by atoms with van der Waals surface area (Å²) < 4.78 is 16.8. The fourth-order valence-corrected chi connectivity index (χ4v) is 7.62. The second-order valence-corrected chi connectivity index (χ2v) is 18.1. The molecule has 0 aromatic rings. The van der Waals surface area contributed by atoms with Gasteiger partial charge in [0.25, 0.3) is 0 Å². The fraction of sp³-hybridized carbons (Fsp3) is 0.776. The van der Waals surface area contributed by atoms with E-state index in [9.17, 15) is 14.4 Å². The number of hydrogen-bond donors (Lipinski definition) is 0. The minimum atomic E-state index is -0.786. The monoisotopic (exact) mass is 895 g/mol. The first-order valence-corrected chi connectivity index (χ1v) is 27.3. The molecular weight excluding hydrogens is 793 g/mol. The van der Waals surface area contributed by atoms with E-state index in [-0.39, 0.29) is 31.1 Å². The lowest BCUT2D eigenvalue weighted by molar-refractivity contribution is -0.167. The molecule has 6 nitrogen and oxygen atoms in total. The van der Waals surface area contributed by atoms with Gasteiger partial charge in [0, 0.05) is 19.3 Å². The highest BCUT2D eigenvalue weighted by molar-refractivity contribution is 5.71. The number of hydrogen-bond acceptors (Lipinski definition) is 6. The van der Waals surface area contributed by atoms with Crippen molar-refractivity contribution in [3.8, 4) is 0 Å². The van der Waals surface area contributed by atoms with Crippen LogP contribution in [-0.2, 0) is 28.6 Å². The van der Waals surface area contributed by atoms with E-state index in [1.807, 2.05) is 0 Å². The summed E-state index contributed by atoms with van der Waals surface area (Å²) in [7, 11) is 0. The Kier molecular flexibility index (Phi) is 50.4. The van der Waals surface area contributed by atoms with Gasteiger partial charge in [-0.15, -0.1) is 0 Å². The summed E-state index contributed by atoms with van der Waals surface area (Å²) in [6.07, 6.45) is 64.9. The van der Waals surface area contributed by atoms with Crippen molar-refractivity contribution in [3.05, 3.63) is 60.8 Å². The molecule has 6 heteroatoms. The summed E-state index contributed by atoms with van der Waals surface area (Å²) in [4.78, 5) is 38.0. The Balaban J connectivity index is 4.36. The van der Waals surface area contributed by atoms with E-state index in [1.54, 1.807) is 0 Å². The van der Waals surface area contributed by atoms with E-state index in [4.69, 9.17) is 14.2 Å². The highest BCUT2D eigenvalue weighted by atomic mass is 16.6. The van der Waals surface area contributed by atoms with Crippen molar-refractivity contribution in [2.75, 3.05) is 13.2 Å². The van der Waals surface area contributed by atoms with Crippen LogP contribution in [0.25, 0.3) is 0 Å². The summed E-state index contributed by atoms with van der Waals surface area (Å²) in [6, 6.07) is 0. The largest absolute Gasteiger partial charge is 0.462 e. The average Bonchev–Trinajstić information content (AvgIpc) is 3.29. The molecule has 0 spiro atoms. The molecule has 0 saturated carbocycles. The zero-order valence-corrected chi connectivity index (χ0v) is 42.3. The molecule has 1 atom stereocenters. The molecule has 0 rings (SSSR count). The minimum Gasteiger partial charge on any atom is -0.462 e. The summed E-state index contributed by atoms with van der Waals surface area (Å²) >= 11 is 0. The lowest BCUT2D eigenvalue weighted by atomic mass is 10.1. The van der Waals surface area contributed by atoms with Crippen LogP contribution in [0.4, 0.5) is 0 Å². The molecule has 0 saturated heterocycles. The zero-order valence-electron chi connectivity index (χ0n) is 42.3. The minimum absolute atomic E-state index is 0.0843. The van der Waals surface area contributed by atoms with Gasteiger partial charge in [-0.1, -0.05) is 210 Å². The molecule has 0 radical (unpaired) electrons. The molecule has 0 fully saturated rings. The van der Waals surface area contributed by atoms with Gasteiger partial charge < -0.3 is 14.2 Å². The number of allylic oxidation sites excluding steroid dienone is 10. The van der Waals surface area contributed by atoms with Gasteiger partial charge >= 0.3 is 17.9 Å². The van der Waals surface area contributed by atoms with Crippen LogP contribution in [0.1, 0.15) is 271 Å². The molecule has 0 amide bonds. The van der Waals surface area contributed by atoms with E-state index in [0.717, 1.165) is 103 Å². The summed E-state index contributed by atoms with van der Waals surface area (Å²) in [6.45, 7) is 6.49. The van der Waals surface area contributed by atoms with E-state index in [1.165, 1.54) is 128 Å². The third-order valence-electron chi connectivity index (χ3n) is 11.7. The van der Waals surface area contributed by atoms with Crippen LogP contribution in [0.15, 0.2) is 60.8 Å². The van der Waals surface area contributed by atoms with E-state index in [2.05, 4.69) is 81.5 Å². The number of carbonyl (C=O) groups excluding carboxylic acids is 3. The molecule has 0 aromatic heterocycles. The normalized spacial score (nSPS) is 12.5. The highest BCUT2D eigenvalue weighted by Gasteiger charge is 2.19. The zero-order chi connectivity index (χ0) is 46.5. The average molecular weight is 895 g/mol. The van der Waals surface area contributed by atoms with Gasteiger partial charge in [-0.2, -0.15) is 0 Å². The molecule has 0 N–H and O–H groups in total. The van der Waals surface area contributed by atoms with Crippen molar-refractivity contribution >= 4 is 17.9 Å². The van der Waals surface area contributed by atoms with Crippen LogP contribution < -0.4 is 0 Å².